The summed E-state index contributed by atoms with van der Waals surface area (Å²) in [5.74, 6) is 0.663. The molecule has 6 nitrogen and oxygen atoms in total. The maximum atomic E-state index is 11.3. The summed E-state index contributed by atoms with van der Waals surface area (Å²) >= 11 is 1.40. The first-order chi connectivity index (χ1) is 9.65. The molecule has 3 rings (SSSR count). The van der Waals surface area contributed by atoms with Gasteiger partial charge in [-0.2, -0.15) is 4.98 Å². The lowest BCUT2D eigenvalue weighted by Gasteiger charge is -2.05. The maximum absolute atomic E-state index is 11.3. The Kier molecular flexibility index (Phi) is 3.19. The van der Waals surface area contributed by atoms with Crippen LogP contribution in [-0.2, 0) is 12.8 Å². The van der Waals surface area contributed by atoms with Gasteiger partial charge in [0.05, 0.1) is 0 Å². The highest BCUT2D eigenvalue weighted by Gasteiger charge is 2.07. The van der Waals surface area contributed by atoms with Crippen molar-refractivity contribution in [3.63, 3.8) is 0 Å². The number of H-pyrrole nitrogens is 2. The standard InChI is InChI=1S/C13H12N4O2S/c1-17-13(15-11(18)12(19)16-17)20-7-8-6-14-10-5-3-2-4-9(8)10/h2-6,14H,7H2,1H3,(H,16,19). The summed E-state index contributed by atoms with van der Waals surface area (Å²) in [6.45, 7) is 0. The highest BCUT2D eigenvalue weighted by molar-refractivity contribution is 7.98. The summed E-state index contributed by atoms with van der Waals surface area (Å²) < 4.78 is 1.46. The van der Waals surface area contributed by atoms with Crippen LogP contribution in [0.15, 0.2) is 45.2 Å². The van der Waals surface area contributed by atoms with Gasteiger partial charge in [0, 0.05) is 29.9 Å². The van der Waals surface area contributed by atoms with Gasteiger partial charge in [-0.1, -0.05) is 30.0 Å². The largest absolute Gasteiger partial charge is 0.361 e. The molecule has 0 unspecified atom stereocenters. The number of nitrogens with one attached hydrogen (secondary N) is 2. The van der Waals surface area contributed by atoms with Gasteiger partial charge in [0.1, 0.15) is 0 Å². The van der Waals surface area contributed by atoms with Gasteiger partial charge in [0.15, 0.2) is 5.16 Å². The second-order valence-electron chi connectivity index (χ2n) is 4.35. The van der Waals surface area contributed by atoms with Crippen molar-refractivity contribution in [3.05, 3.63) is 56.7 Å². The number of para-hydroxylation sites is 1. The minimum Gasteiger partial charge on any atom is -0.361 e. The summed E-state index contributed by atoms with van der Waals surface area (Å²) in [5.41, 5.74) is 0.742. The number of rotatable bonds is 3. The van der Waals surface area contributed by atoms with Crippen LogP contribution in [0.1, 0.15) is 5.56 Å². The van der Waals surface area contributed by atoms with Gasteiger partial charge >= 0.3 is 11.1 Å². The van der Waals surface area contributed by atoms with Crippen LogP contribution in [0.5, 0.6) is 0 Å². The van der Waals surface area contributed by atoms with Crippen LogP contribution in [0, 0.1) is 0 Å². The van der Waals surface area contributed by atoms with Crippen LogP contribution in [0.25, 0.3) is 10.9 Å². The molecule has 3 aromatic rings. The van der Waals surface area contributed by atoms with Crippen LogP contribution in [0.3, 0.4) is 0 Å². The highest BCUT2D eigenvalue weighted by atomic mass is 32.2. The summed E-state index contributed by atoms with van der Waals surface area (Å²) in [6.07, 6.45) is 1.95. The first-order valence-electron chi connectivity index (χ1n) is 6.00. The number of aryl methyl sites for hydroxylation is 1. The number of hydrogen-bond acceptors (Lipinski definition) is 4. The molecule has 0 aliphatic carbocycles. The van der Waals surface area contributed by atoms with Crippen molar-refractivity contribution >= 4 is 22.7 Å². The number of nitrogens with zero attached hydrogens (tertiary/aromatic N) is 2. The van der Waals surface area contributed by atoms with E-state index in [0.29, 0.717) is 10.9 Å². The zero-order chi connectivity index (χ0) is 14.1. The summed E-state index contributed by atoms with van der Waals surface area (Å²) in [7, 11) is 1.66. The SMILES string of the molecule is Cn1[nH]c(=O)c(=O)nc1SCc1c[nH]c2ccccc12. The fourth-order valence-electron chi connectivity index (χ4n) is 1.98. The summed E-state index contributed by atoms with van der Waals surface area (Å²) in [6, 6.07) is 8.01. The third-order valence-corrected chi connectivity index (χ3v) is 4.06. The molecule has 102 valence electrons. The van der Waals surface area contributed by atoms with Crippen LogP contribution in [0.4, 0.5) is 0 Å². The minimum absolute atomic E-state index is 0.486. The van der Waals surface area contributed by atoms with E-state index >= 15 is 0 Å². The van der Waals surface area contributed by atoms with Crippen LogP contribution < -0.4 is 11.1 Å². The van der Waals surface area contributed by atoms with Gasteiger partial charge in [0.2, 0.25) is 0 Å². The molecule has 0 radical (unpaired) electrons. The van der Waals surface area contributed by atoms with Crippen molar-refractivity contribution in [1.29, 1.82) is 0 Å². The van der Waals surface area contributed by atoms with E-state index in [1.165, 1.54) is 16.4 Å². The molecule has 0 bridgehead atoms. The fraction of sp³-hybridized carbons (Fsp3) is 0.154. The summed E-state index contributed by atoms with van der Waals surface area (Å²) in [4.78, 5) is 29.4. The molecule has 0 saturated heterocycles. The van der Waals surface area contributed by atoms with E-state index < -0.39 is 11.1 Å². The monoisotopic (exact) mass is 288 g/mol. The van der Waals surface area contributed by atoms with Gasteiger partial charge in [0.25, 0.3) is 0 Å². The highest BCUT2D eigenvalue weighted by Crippen LogP contribution is 2.24. The Labute approximate surface area is 117 Å². The van der Waals surface area contributed by atoms with Crippen molar-refractivity contribution in [2.24, 2.45) is 7.05 Å². The Bertz CT molecular complexity index is 878. The van der Waals surface area contributed by atoms with Gasteiger partial charge in [-0.25, -0.2) is 0 Å². The third kappa shape index (κ3) is 2.27. The molecule has 0 amide bonds. The van der Waals surface area contributed by atoms with Gasteiger partial charge in [-0.15, -0.1) is 0 Å². The lowest BCUT2D eigenvalue weighted by molar-refractivity contribution is 0.596. The summed E-state index contributed by atoms with van der Waals surface area (Å²) in [5, 5.41) is 4.07. The molecule has 0 aliphatic heterocycles. The van der Waals surface area contributed by atoms with Crippen LogP contribution >= 0.6 is 11.8 Å². The Morgan fingerprint density at radius 1 is 1.30 bits per heavy atom. The Hall–Kier alpha value is -2.28. The van der Waals surface area contributed by atoms with Gasteiger partial charge in [-0.3, -0.25) is 19.4 Å². The van der Waals surface area contributed by atoms with E-state index in [0.717, 1.165) is 16.5 Å². The van der Waals surface area contributed by atoms with Crippen molar-refractivity contribution < 1.29 is 0 Å². The molecule has 2 heterocycles. The number of aromatic nitrogens is 4. The first-order valence-corrected chi connectivity index (χ1v) is 6.99. The molecular formula is C13H12N4O2S. The number of hydrogen-bond donors (Lipinski definition) is 2. The van der Waals surface area contributed by atoms with E-state index in [-0.39, 0.29) is 0 Å². The van der Waals surface area contributed by atoms with Crippen LogP contribution in [-0.4, -0.2) is 19.7 Å². The van der Waals surface area contributed by atoms with E-state index in [1.807, 2.05) is 30.5 Å². The lowest BCUT2D eigenvalue weighted by Crippen LogP contribution is -2.33. The molecule has 0 atom stereocenters. The zero-order valence-electron chi connectivity index (χ0n) is 10.7. The van der Waals surface area contributed by atoms with Crippen molar-refractivity contribution in [1.82, 2.24) is 19.7 Å². The van der Waals surface area contributed by atoms with E-state index in [4.69, 9.17) is 0 Å². The average Bonchev–Trinajstić information content (AvgIpc) is 2.85. The fourth-order valence-corrected chi connectivity index (χ4v) is 2.89. The first kappa shape index (κ1) is 12.7. The third-order valence-electron chi connectivity index (χ3n) is 2.98. The molecule has 0 fully saturated rings. The lowest BCUT2D eigenvalue weighted by atomic mass is 10.2. The maximum Gasteiger partial charge on any atom is 0.339 e. The van der Waals surface area contributed by atoms with Crippen molar-refractivity contribution in [3.8, 4) is 0 Å². The smallest absolute Gasteiger partial charge is 0.339 e. The average molecular weight is 288 g/mol. The van der Waals surface area contributed by atoms with Crippen molar-refractivity contribution in [2.75, 3.05) is 0 Å². The topological polar surface area (TPSA) is 83.5 Å². The van der Waals surface area contributed by atoms with Gasteiger partial charge in [-0.05, 0) is 11.6 Å². The van der Waals surface area contributed by atoms with E-state index in [2.05, 4.69) is 15.1 Å². The van der Waals surface area contributed by atoms with Crippen molar-refractivity contribution in [2.45, 2.75) is 10.9 Å². The minimum atomic E-state index is -0.760. The molecule has 0 saturated carbocycles. The number of thioether (sulfide) groups is 1. The number of fused-ring (bicyclic) bond motifs is 1. The Morgan fingerprint density at radius 2 is 2.10 bits per heavy atom. The molecule has 0 aliphatic rings. The molecule has 20 heavy (non-hydrogen) atoms. The van der Waals surface area contributed by atoms with E-state index in [1.54, 1.807) is 7.05 Å². The predicted molar refractivity (Wildman–Crippen MR) is 78.0 cm³/mol. The molecule has 0 spiro atoms. The molecular weight excluding hydrogens is 276 g/mol. The Balaban J connectivity index is 1.88. The molecule has 1 aromatic carbocycles. The quantitative estimate of drug-likeness (QED) is 0.561. The molecule has 2 N–H and O–H groups in total. The second-order valence-corrected chi connectivity index (χ2v) is 5.29. The van der Waals surface area contributed by atoms with Crippen LogP contribution in [0.2, 0.25) is 0 Å². The Morgan fingerprint density at radius 3 is 2.95 bits per heavy atom. The molecule has 7 heteroatoms. The predicted octanol–water partition coefficient (Wildman–Crippen LogP) is 1.24. The number of benzene rings is 1. The normalized spacial score (nSPS) is 11.1. The van der Waals surface area contributed by atoms with E-state index in [9.17, 15) is 9.59 Å². The second kappa shape index (κ2) is 5.01. The number of aromatic amines is 2. The zero-order valence-corrected chi connectivity index (χ0v) is 11.5. The van der Waals surface area contributed by atoms with Gasteiger partial charge < -0.3 is 4.98 Å². The molecule has 2 aromatic heterocycles.